The Kier molecular flexibility index (Phi) is 1.69. The molecule has 2 aromatic heterocycles. The molecule has 0 aromatic carbocycles. The van der Waals surface area contributed by atoms with E-state index in [1.165, 1.54) is 10.7 Å². The minimum absolute atomic E-state index is 0.204. The molecule has 0 aliphatic heterocycles. The van der Waals surface area contributed by atoms with Crippen molar-refractivity contribution in [3.8, 4) is 0 Å². The van der Waals surface area contributed by atoms with E-state index < -0.39 is 10.9 Å². The van der Waals surface area contributed by atoms with Crippen LogP contribution >= 0.6 is 15.9 Å². The summed E-state index contributed by atoms with van der Waals surface area (Å²) in [6.45, 7) is 0. The van der Waals surface area contributed by atoms with Crippen LogP contribution in [-0.4, -0.2) is 24.5 Å². The minimum atomic E-state index is -0.664. The fourth-order valence-electron chi connectivity index (χ4n) is 0.826. The predicted molar refractivity (Wildman–Crippen MR) is 45.1 cm³/mol. The van der Waals surface area contributed by atoms with Gasteiger partial charge >= 0.3 is 11.7 Å². The van der Waals surface area contributed by atoms with Crippen LogP contribution in [0.2, 0.25) is 0 Å². The molecule has 0 atom stereocenters. The maximum absolute atomic E-state index is 10.3. The van der Waals surface area contributed by atoms with Crippen LogP contribution < -0.4 is 0 Å². The number of hydrogen-bond donors (Lipinski definition) is 0. The lowest BCUT2D eigenvalue weighted by Gasteiger charge is -1.84. The van der Waals surface area contributed by atoms with Gasteiger partial charge < -0.3 is 10.1 Å². The molecule has 13 heavy (non-hydrogen) atoms. The van der Waals surface area contributed by atoms with E-state index in [2.05, 4.69) is 31.0 Å². The van der Waals surface area contributed by atoms with Gasteiger partial charge in [-0.2, -0.15) is 0 Å². The van der Waals surface area contributed by atoms with E-state index in [0.717, 1.165) is 0 Å². The van der Waals surface area contributed by atoms with Crippen LogP contribution in [-0.2, 0) is 0 Å². The van der Waals surface area contributed by atoms with Gasteiger partial charge in [-0.25, -0.2) is 4.98 Å². The Morgan fingerprint density at radius 1 is 1.62 bits per heavy atom. The van der Waals surface area contributed by atoms with Crippen LogP contribution in [0.25, 0.3) is 5.78 Å². The molecule has 0 aliphatic rings. The van der Waals surface area contributed by atoms with Gasteiger partial charge in [-0.05, 0) is 25.8 Å². The van der Waals surface area contributed by atoms with Gasteiger partial charge in [-0.3, -0.25) is 0 Å². The molecule has 0 spiro atoms. The number of nitrogens with zero attached hydrogens (tertiary/aromatic N) is 5. The van der Waals surface area contributed by atoms with Crippen molar-refractivity contribution < 1.29 is 4.92 Å². The Bertz CT molecular complexity index is 481. The molecule has 2 aromatic rings. The summed E-state index contributed by atoms with van der Waals surface area (Å²) in [7, 11) is 0. The summed E-state index contributed by atoms with van der Waals surface area (Å²) in [5, 5.41) is 13.9. The molecule has 0 saturated heterocycles. The summed E-state index contributed by atoms with van der Waals surface area (Å²) in [6, 6.07) is 0. The zero-order valence-corrected chi connectivity index (χ0v) is 7.67. The molecule has 2 rings (SSSR count). The van der Waals surface area contributed by atoms with Gasteiger partial charge in [-0.15, -0.1) is 4.52 Å². The molecular formula is C5H2BrN5O2. The van der Waals surface area contributed by atoms with Crippen molar-refractivity contribution >= 4 is 27.7 Å². The average Bonchev–Trinajstić information content (AvgIpc) is 2.46. The number of aromatic nitrogens is 4. The second kappa shape index (κ2) is 2.73. The Morgan fingerprint density at radius 2 is 2.38 bits per heavy atom. The second-order valence-corrected chi connectivity index (χ2v) is 3.10. The normalized spacial score (nSPS) is 10.5. The first kappa shape index (κ1) is 8.05. The van der Waals surface area contributed by atoms with Crippen molar-refractivity contribution in [1.82, 2.24) is 19.6 Å². The van der Waals surface area contributed by atoms with Gasteiger partial charge in [0.05, 0.1) is 10.7 Å². The highest BCUT2D eigenvalue weighted by Crippen LogP contribution is 2.10. The molecule has 0 N–H and O–H groups in total. The lowest BCUT2D eigenvalue weighted by atomic mass is 10.7. The summed E-state index contributed by atoms with van der Waals surface area (Å²) in [6.07, 6.45) is 3.04. The van der Waals surface area contributed by atoms with Crippen LogP contribution in [0.5, 0.6) is 0 Å². The highest BCUT2D eigenvalue weighted by Gasteiger charge is 2.16. The van der Waals surface area contributed by atoms with Gasteiger partial charge in [0.25, 0.3) is 0 Å². The maximum Gasteiger partial charge on any atom is 0.493 e. The van der Waals surface area contributed by atoms with E-state index in [4.69, 9.17) is 0 Å². The molecule has 0 radical (unpaired) electrons. The zero-order valence-electron chi connectivity index (χ0n) is 6.09. The topological polar surface area (TPSA) is 86.2 Å². The first-order valence-corrected chi connectivity index (χ1v) is 3.98. The summed E-state index contributed by atoms with van der Waals surface area (Å²) < 4.78 is 1.92. The smallest absolute Gasteiger partial charge is 0.390 e. The summed E-state index contributed by atoms with van der Waals surface area (Å²) in [5.74, 6) is -0.250. The van der Waals surface area contributed by atoms with E-state index in [1.807, 2.05) is 0 Å². The molecule has 0 unspecified atom stereocenters. The molecule has 7 nitrogen and oxygen atoms in total. The zero-order chi connectivity index (χ0) is 9.42. The molecule has 0 amide bonds. The Balaban J connectivity index is 2.68. The van der Waals surface area contributed by atoms with E-state index in [-0.39, 0.29) is 5.78 Å². The third-order valence-corrected chi connectivity index (χ3v) is 1.72. The predicted octanol–water partition coefficient (Wildman–Crippen LogP) is 0.795. The monoisotopic (exact) mass is 243 g/mol. The van der Waals surface area contributed by atoms with Crippen molar-refractivity contribution in [2.24, 2.45) is 0 Å². The molecule has 66 valence electrons. The van der Waals surface area contributed by atoms with Crippen LogP contribution in [0.15, 0.2) is 16.9 Å². The van der Waals surface area contributed by atoms with Crippen molar-refractivity contribution in [3.63, 3.8) is 0 Å². The first-order valence-electron chi connectivity index (χ1n) is 3.19. The van der Waals surface area contributed by atoms with E-state index in [9.17, 15) is 10.1 Å². The van der Waals surface area contributed by atoms with E-state index in [1.54, 1.807) is 6.20 Å². The number of halogens is 1. The van der Waals surface area contributed by atoms with E-state index >= 15 is 0 Å². The lowest BCUT2D eigenvalue weighted by molar-refractivity contribution is -0.394. The number of rotatable bonds is 1. The van der Waals surface area contributed by atoms with Crippen LogP contribution in [0.4, 0.5) is 5.95 Å². The van der Waals surface area contributed by atoms with Crippen molar-refractivity contribution in [2.45, 2.75) is 0 Å². The van der Waals surface area contributed by atoms with Gasteiger partial charge in [0.2, 0.25) is 0 Å². The molecule has 0 aliphatic carbocycles. The van der Waals surface area contributed by atoms with Crippen LogP contribution in [0.3, 0.4) is 0 Å². The lowest BCUT2D eigenvalue weighted by Crippen LogP contribution is -1.91. The van der Waals surface area contributed by atoms with Crippen molar-refractivity contribution in [2.75, 3.05) is 0 Å². The second-order valence-electron chi connectivity index (χ2n) is 2.19. The number of fused-ring (bicyclic) bond motifs is 1. The van der Waals surface area contributed by atoms with Gasteiger partial charge in [0, 0.05) is 11.3 Å². The molecule has 0 saturated carbocycles. The highest BCUT2D eigenvalue weighted by molar-refractivity contribution is 9.10. The highest BCUT2D eigenvalue weighted by atomic mass is 79.9. The average molecular weight is 244 g/mol. The third-order valence-electron chi connectivity index (χ3n) is 1.31. The summed E-state index contributed by atoms with van der Waals surface area (Å²) in [5.41, 5.74) is 0. The standard InChI is InChI=1S/C5H2BrN5O2/c6-3-1-7-4-8-5(11(12)13)9-10(4)2-3/h1-2H. The Labute approximate surface area is 79.7 Å². The third kappa shape index (κ3) is 1.35. The van der Waals surface area contributed by atoms with Crippen molar-refractivity contribution in [3.05, 3.63) is 27.0 Å². The number of nitro groups is 1. The fourth-order valence-corrected chi connectivity index (χ4v) is 1.12. The van der Waals surface area contributed by atoms with Gasteiger partial charge in [0.1, 0.15) is 0 Å². The fraction of sp³-hybridized carbons (Fsp3) is 0. The summed E-state index contributed by atoms with van der Waals surface area (Å²) >= 11 is 3.16. The molecule has 0 fully saturated rings. The maximum atomic E-state index is 10.3. The number of hydrogen-bond acceptors (Lipinski definition) is 5. The Morgan fingerprint density at radius 3 is 3.08 bits per heavy atom. The molecule has 2 heterocycles. The first-order chi connectivity index (χ1) is 6.16. The molecule has 0 bridgehead atoms. The van der Waals surface area contributed by atoms with Crippen LogP contribution in [0, 0.1) is 10.1 Å². The van der Waals surface area contributed by atoms with Crippen molar-refractivity contribution in [1.29, 1.82) is 0 Å². The molecule has 8 heteroatoms. The van der Waals surface area contributed by atoms with E-state index in [0.29, 0.717) is 4.47 Å². The largest absolute Gasteiger partial charge is 0.493 e. The quantitative estimate of drug-likeness (QED) is 0.546. The molecular weight excluding hydrogens is 242 g/mol. The SMILES string of the molecule is O=[N+]([O-])c1nc2ncc(Br)cn2n1. The summed E-state index contributed by atoms with van der Waals surface area (Å²) in [4.78, 5) is 17.0. The van der Waals surface area contributed by atoms with Crippen LogP contribution in [0.1, 0.15) is 0 Å². The van der Waals surface area contributed by atoms with Gasteiger partial charge in [-0.1, -0.05) is 0 Å². The Hall–Kier alpha value is -1.57. The minimum Gasteiger partial charge on any atom is -0.390 e. The van der Waals surface area contributed by atoms with Gasteiger partial charge in [0.15, 0.2) is 0 Å².